The molecule has 1 N–H and O–H groups in total. The Bertz CT molecular complexity index is 456. The van der Waals surface area contributed by atoms with Gasteiger partial charge in [0, 0.05) is 25.0 Å². The summed E-state index contributed by atoms with van der Waals surface area (Å²) in [4.78, 5) is 4.24. The average molecular weight is 274 g/mol. The summed E-state index contributed by atoms with van der Waals surface area (Å²) in [6.45, 7) is 6.31. The van der Waals surface area contributed by atoms with Crippen LogP contribution in [0.4, 0.5) is 0 Å². The molecule has 110 valence electrons. The second-order valence-electron chi connectivity index (χ2n) is 6.41. The lowest BCUT2D eigenvalue weighted by molar-refractivity contribution is -0.147. The van der Waals surface area contributed by atoms with Gasteiger partial charge in [-0.2, -0.15) is 0 Å². The molecular weight excluding hydrogens is 248 g/mol. The van der Waals surface area contributed by atoms with Gasteiger partial charge in [-0.05, 0) is 68.7 Å². The van der Waals surface area contributed by atoms with Crippen LogP contribution in [0.1, 0.15) is 56.2 Å². The van der Waals surface area contributed by atoms with Crippen molar-refractivity contribution in [2.75, 3.05) is 13.2 Å². The monoisotopic (exact) mass is 274 g/mol. The summed E-state index contributed by atoms with van der Waals surface area (Å²) < 4.78 is 6.09. The highest BCUT2D eigenvalue weighted by molar-refractivity contribution is 5.26. The van der Waals surface area contributed by atoms with Crippen LogP contribution < -0.4 is 5.32 Å². The lowest BCUT2D eigenvalue weighted by Crippen LogP contribution is -2.48. The third-order valence-electron chi connectivity index (χ3n) is 5.09. The first-order valence-corrected chi connectivity index (χ1v) is 8.02. The van der Waals surface area contributed by atoms with Crippen molar-refractivity contribution in [2.24, 2.45) is 5.92 Å². The van der Waals surface area contributed by atoms with Crippen LogP contribution in [0.15, 0.2) is 18.5 Å². The first-order chi connectivity index (χ1) is 9.74. The van der Waals surface area contributed by atoms with Crippen molar-refractivity contribution in [3.63, 3.8) is 0 Å². The Morgan fingerprint density at radius 3 is 3.00 bits per heavy atom. The number of hydrogen-bond acceptors (Lipinski definition) is 3. The van der Waals surface area contributed by atoms with E-state index in [0.29, 0.717) is 12.0 Å². The SMILES string of the molecule is CCNC(c1ccncc1C)C1CCOC2(CCC2)C1. The molecule has 3 rings (SSSR count). The van der Waals surface area contributed by atoms with Gasteiger partial charge in [0.2, 0.25) is 0 Å². The molecule has 3 heteroatoms. The highest BCUT2D eigenvalue weighted by atomic mass is 16.5. The second-order valence-corrected chi connectivity index (χ2v) is 6.41. The van der Waals surface area contributed by atoms with Gasteiger partial charge < -0.3 is 10.1 Å². The Morgan fingerprint density at radius 1 is 1.50 bits per heavy atom. The number of aromatic nitrogens is 1. The van der Waals surface area contributed by atoms with Crippen LogP contribution >= 0.6 is 0 Å². The summed E-state index contributed by atoms with van der Waals surface area (Å²) in [6.07, 6.45) is 10.2. The third-order valence-corrected chi connectivity index (χ3v) is 5.09. The highest BCUT2D eigenvalue weighted by Gasteiger charge is 2.44. The van der Waals surface area contributed by atoms with Gasteiger partial charge in [0.1, 0.15) is 0 Å². The van der Waals surface area contributed by atoms with E-state index in [1.165, 1.54) is 43.2 Å². The van der Waals surface area contributed by atoms with Crippen molar-refractivity contribution in [1.29, 1.82) is 0 Å². The van der Waals surface area contributed by atoms with Gasteiger partial charge in [0.05, 0.1) is 5.60 Å². The van der Waals surface area contributed by atoms with E-state index in [-0.39, 0.29) is 5.60 Å². The first-order valence-electron chi connectivity index (χ1n) is 8.02. The fraction of sp³-hybridized carbons (Fsp3) is 0.706. The molecule has 1 saturated carbocycles. The summed E-state index contributed by atoms with van der Waals surface area (Å²) in [7, 11) is 0. The molecule has 1 aliphatic heterocycles. The Morgan fingerprint density at radius 2 is 2.35 bits per heavy atom. The van der Waals surface area contributed by atoms with Crippen LogP contribution in [0.25, 0.3) is 0 Å². The van der Waals surface area contributed by atoms with Crippen LogP contribution in [0.3, 0.4) is 0 Å². The number of hydrogen-bond donors (Lipinski definition) is 1. The molecule has 1 saturated heterocycles. The predicted molar refractivity (Wildman–Crippen MR) is 80.6 cm³/mol. The van der Waals surface area contributed by atoms with Crippen molar-refractivity contribution in [3.8, 4) is 0 Å². The fourth-order valence-corrected chi connectivity index (χ4v) is 3.85. The van der Waals surface area contributed by atoms with Gasteiger partial charge in [-0.3, -0.25) is 4.98 Å². The van der Waals surface area contributed by atoms with Crippen LogP contribution in [-0.4, -0.2) is 23.7 Å². The number of pyridine rings is 1. The van der Waals surface area contributed by atoms with Gasteiger partial charge in [-0.1, -0.05) is 6.92 Å². The van der Waals surface area contributed by atoms with Crippen molar-refractivity contribution in [2.45, 2.75) is 57.6 Å². The molecule has 0 bridgehead atoms. The molecule has 0 amide bonds. The molecule has 2 fully saturated rings. The van der Waals surface area contributed by atoms with E-state index < -0.39 is 0 Å². The van der Waals surface area contributed by atoms with Crippen molar-refractivity contribution < 1.29 is 4.74 Å². The van der Waals surface area contributed by atoms with E-state index >= 15 is 0 Å². The van der Waals surface area contributed by atoms with Gasteiger partial charge >= 0.3 is 0 Å². The number of aryl methyl sites for hydroxylation is 1. The molecule has 1 aliphatic carbocycles. The standard InChI is InChI=1S/C17H26N2O/c1-3-19-16(15-5-9-18-12-13(15)2)14-6-10-20-17(11-14)7-4-8-17/h5,9,12,14,16,19H,3-4,6-8,10-11H2,1-2H3. The van der Waals surface area contributed by atoms with Gasteiger partial charge in [0.25, 0.3) is 0 Å². The summed E-state index contributed by atoms with van der Waals surface area (Å²) in [5, 5.41) is 3.71. The van der Waals surface area contributed by atoms with Crippen LogP contribution in [0.5, 0.6) is 0 Å². The molecular formula is C17H26N2O. The van der Waals surface area contributed by atoms with Crippen molar-refractivity contribution in [3.05, 3.63) is 29.6 Å². The third kappa shape index (κ3) is 2.61. The molecule has 2 unspecified atom stereocenters. The summed E-state index contributed by atoms with van der Waals surface area (Å²) in [5.74, 6) is 0.685. The largest absolute Gasteiger partial charge is 0.375 e. The Hall–Kier alpha value is -0.930. The molecule has 20 heavy (non-hydrogen) atoms. The zero-order chi connectivity index (χ0) is 14.0. The smallest absolute Gasteiger partial charge is 0.0686 e. The van der Waals surface area contributed by atoms with E-state index in [9.17, 15) is 0 Å². The van der Waals surface area contributed by atoms with Crippen LogP contribution in [-0.2, 0) is 4.74 Å². The molecule has 0 radical (unpaired) electrons. The van der Waals surface area contributed by atoms with Crippen LogP contribution in [0, 0.1) is 12.8 Å². The number of nitrogens with zero attached hydrogens (tertiary/aromatic N) is 1. The van der Waals surface area contributed by atoms with E-state index in [4.69, 9.17) is 4.74 Å². The Balaban J connectivity index is 1.81. The minimum atomic E-state index is 0.220. The maximum Gasteiger partial charge on any atom is 0.0686 e. The summed E-state index contributed by atoms with van der Waals surface area (Å²) >= 11 is 0. The van der Waals surface area contributed by atoms with E-state index in [1.807, 2.05) is 12.4 Å². The van der Waals surface area contributed by atoms with Gasteiger partial charge in [0.15, 0.2) is 0 Å². The number of nitrogens with one attached hydrogen (secondary N) is 1. The topological polar surface area (TPSA) is 34.2 Å². The number of rotatable bonds is 4. The average Bonchev–Trinajstić information content (AvgIpc) is 2.44. The lowest BCUT2D eigenvalue weighted by atomic mass is 9.69. The molecule has 0 aromatic carbocycles. The minimum Gasteiger partial charge on any atom is -0.375 e. The van der Waals surface area contributed by atoms with Crippen molar-refractivity contribution >= 4 is 0 Å². The lowest BCUT2D eigenvalue weighted by Gasteiger charge is -2.49. The molecule has 3 nitrogen and oxygen atoms in total. The first kappa shape index (κ1) is 14.0. The maximum absolute atomic E-state index is 6.09. The number of ether oxygens (including phenoxy) is 1. The molecule has 2 heterocycles. The summed E-state index contributed by atoms with van der Waals surface area (Å²) in [5.41, 5.74) is 2.94. The second kappa shape index (κ2) is 5.82. The molecule has 1 spiro atoms. The minimum absolute atomic E-state index is 0.220. The van der Waals surface area contributed by atoms with E-state index in [0.717, 1.165) is 13.2 Å². The van der Waals surface area contributed by atoms with E-state index in [2.05, 4.69) is 30.2 Å². The summed E-state index contributed by atoms with van der Waals surface area (Å²) in [6, 6.07) is 2.63. The van der Waals surface area contributed by atoms with E-state index in [1.54, 1.807) is 0 Å². The molecule has 2 aliphatic rings. The molecule has 2 atom stereocenters. The quantitative estimate of drug-likeness (QED) is 0.914. The Kier molecular flexibility index (Phi) is 4.08. The Labute approximate surface area is 122 Å². The normalized spacial score (nSPS) is 26.2. The molecule has 1 aromatic rings. The van der Waals surface area contributed by atoms with Gasteiger partial charge in [-0.15, -0.1) is 0 Å². The fourth-order valence-electron chi connectivity index (χ4n) is 3.85. The highest BCUT2D eigenvalue weighted by Crippen LogP contribution is 2.47. The molecule has 1 aromatic heterocycles. The predicted octanol–water partition coefficient (Wildman–Crippen LogP) is 3.39. The van der Waals surface area contributed by atoms with Crippen LogP contribution in [0.2, 0.25) is 0 Å². The van der Waals surface area contributed by atoms with Gasteiger partial charge in [-0.25, -0.2) is 0 Å². The zero-order valence-corrected chi connectivity index (χ0v) is 12.7. The maximum atomic E-state index is 6.09. The van der Waals surface area contributed by atoms with Crippen molar-refractivity contribution in [1.82, 2.24) is 10.3 Å². The zero-order valence-electron chi connectivity index (χ0n) is 12.7.